The van der Waals surface area contributed by atoms with Crippen LogP contribution in [0.15, 0.2) is 60.8 Å². The molecule has 0 aliphatic rings. The van der Waals surface area contributed by atoms with E-state index in [0.29, 0.717) is 16.1 Å². The summed E-state index contributed by atoms with van der Waals surface area (Å²) in [5.74, 6) is -1.12. The third kappa shape index (κ3) is 4.95. The molecule has 1 heterocycles. The first-order chi connectivity index (χ1) is 13.4. The minimum atomic E-state index is -1.03. The smallest absolute Gasteiger partial charge is 0.263 e. The number of carbonyl (C=O) groups is 2. The molecule has 2 amide bonds. The lowest BCUT2D eigenvalue weighted by atomic mass is 10.1. The minimum Gasteiger partial charge on any atom is -0.336 e. The zero-order valence-electron chi connectivity index (χ0n) is 14.3. The molecule has 3 N–H and O–H groups in total. The van der Waals surface area contributed by atoms with Gasteiger partial charge in [-0.3, -0.25) is 15.0 Å². The minimum absolute atomic E-state index is 0.0698. The Bertz CT molecular complexity index is 1010. The highest BCUT2D eigenvalue weighted by Crippen LogP contribution is 2.21. The fourth-order valence-corrected chi connectivity index (χ4v) is 3.36. The summed E-state index contributed by atoms with van der Waals surface area (Å²) in [6.07, 6.45) is 1.34. The molecule has 3 aromatic rings. The quantitative estimate of drug-likeness (QED) is 0.418. The van der Waals surface area contributed by atoms with E-state index in [1.54, 1.807) is 48.5 Å². The molecule has 1 atom stereocenters. The maximum atomic E-state index is 12.8. The molecule has 0 aliphatic heterocycles. The van der Waals surface area contributed by atoms with Crippen molar-refractivity contribution in [3.63, 3.8) is 0 Å². The Morgan fingerprint density at radius 2 is 1.71 bits per heavy atom. The van der Waals surface area contributed by atoms with Gasteiger partial charge in [-0.1, -0.05) is 77.0 Å². The molecule has 142 valence electrons. The summed E-state index contributed by atoms with van der Waals surface area (Å²) >= 11 is 12.7. The first kappa shape index (κ1) is 20.0. The van der Waals surface area contributed by atoms with Crippen LogP contribution in [0.2, 0.25) is 9.49 Å². The molecule has 0 saturated carbocycles. The van der Waals surface area contributed by atoms with Gasteiger partial charge in [-0.2, -0.15) is 0 Å². The second-order valence-electron chi connectivity index (χ2n) is 5.67. The average Bonchev–Trinajstić information content (AvgIpc) is 3.14. The van der Waals surface area contributed by atoms with Crippen molar-refractivity contribution < 1.29 is 9.59 Å². The van der Waals surface area contributed by atoms with Crippen molar-refractivity contribution in [2.45, 2.75) is 6.04 Å². The molecule has 9 heteroatoms. The highest BCUT2D eigenvalue weighted by molar-refractivity contribution is 7.17. The SMILES string of the molecule is N=C(NC(=O)C(NC(=O)c1cnc(Cl)s1)c1ccc(Cl)cc1)c1ccccc1. The van der Waals surface area contributed by atoms with Crippen molar-refractivity contribution in [2.75, 3.05) is 0 Å². The summed E-state index contributed by atoms with van der Waals surface area (Å²) in [4.78, 5) is 29.5. The number of rotatable bonds is 5. The Morgan fingerprint density at radius 3 is 2.32 bits per heavy atom. The molecule has 0 bridgehead atoms. The van der Waals surface area contributed by atoms with Crippen molar-refractivity contribution >= 4 is 52.2 Å². The van der Waals surface area contributed by atoms with Gasteiger partial charge < -0.3 is 10.6 Å². The maximum absolute atomic E-state index is 12.8. The molecule has 2 aromatic carbocycles. The van der Waals surface area contributed by atoms with E-state index < -0.39 is 17.9 Å². The van der Waals surface area contributed by atoms with E-state index in [9.17, 15) is 9.59 Å². The number of nitrogens with zero attached hydrogens (tertiary/aromatic N) is 1. The molecule has 0 fully saturated rings. The summed E-state index contributed by atoms with van der Waals surface area (Å²) in [6.45, 7) is 0. The molecule has 6 nitrogen and oxygen atoms in total. The van der Waals surface area contributed by atoms with E-state index in [4.69, 9.17) is 28.6 Å². The van der Waals surface area contributed by atoms with E-state index in [1.165, 1.54) is 6.20 Å². The Kier molecular flexibility index (Phi) is 6.41. The first-order valence-corrected chi connectivity index (χ1v) is 9.64. The largest absolute Gasteiger partial charge is 0.336 e. The summed E-state index contributed by atoms with van der Waals surface area (Å²) in [5, 5.41) is 13.8. The Balaban J connectivity index is 1.83. The fourth-order valence-electron chi connectivity index (χ4n) is 2.39. The number of halogens is 2. The zero-order valence-corrected chi connectivity index (χ0v) is 16.6. The van der Waals surface area contributed by atoms with Crippen LogP contribution in [-0.4, -0.2) is 22.6 Å². The lowest BCUT2D eigenvalue weighted by molar-refractivity contribution is -0.121. The molecular weight excluding hydrogens is 419 g/mol. The lowest BCUT2D eigenvalue weighted by Gasteiger charge is -2.19. The summed E-state index contributed by atoms with van der Waals surface area (Å²) < 4.78 is 0.225. The van der Waals surface area contributed by atoms with Crippen LogP contribution in [-0.2, 0) is 4.79 Å². The average molecular weight is 433 g/mol. The molecule has 3 rings (SSSR count). The Labute approximate surface area is 175 Å². The molecule has 28 heavy (non-hydrogen) atoms. The third-order valence-corrected chi connectivity index (χ3v) is 5.12. The van der Waals surface area contributed by atoms with Crippen LogP contribution in [0.4, 0.5) is 0 Å². The monoisotopic (exact) mass is 432 g/mol. The van der Waals surface area contributed by atoms with E-state index in [2.05, 4.69) is 15.6 Å². The van der Waals surface area contributed by atoms with Gasteiger partial charge in [0.05, 0.1) is 6.20 Å². The summed E-state index contributed by atoms with van der Waals surface area (Å²) in [6, 6.07) is 14.2. The molecule has 1 unspecified atom stereocenters. The number of amides is 2. The summed E-state index contributed by atoms with van der Waals surface area (Å²) in [7, 11) is 0. The van der Waals surface area contributed by atoms with E-state index in [-0.39, 0.29) is 15.2 Å². The molecule has 0 aliphatic carbocycles. The van der Waals surface area contributed by atoms with Gasteiger partial charge in [0.2, 0.25) is 0 Å². The number of hydrogen-bond acceptors (Lipinski definition) is 5. The van der Waals surface area contributed by atoms with Gasteiger partial charge in [-0.25, -0.2) is 4.98 Å². The second-order valence-corrected chi connectivity index (χ2v) is 7.71. The van der Waals surface area contributed by atoms with Crippen LogP contribution in [0, 0.1) is 5.41 Å². The maximum Gasteiger partial charge on any atom is 0.263 e. The highest BCUT2D eigenvalue weighted by Gasteiger charge is 2.25. The summed E-state index contributed by atoms with van der Waals surface area (Å²) in [5.41, 5.74) is 1.07. The van der Waals surface area contributed by atoms with E-state index in [0.717, 1.165) is 11.3 Å². The highest BCUT2D eigenvalue weighted by atomic mass is 35.5. The van der Waals surface area contributed by atoms with Crippen molar-refractivity contribution in [2.24, 2.45) is 0 Å². The zero-order chi connectivity index (χ0) is 20.1. The number of aromatic nitrogens is 1. The number of benzene rings is 2. The van der Waals surface area contributed by atoms with Crippen LogP contribution in [0.3, 0.4) is 0 Å². The van der Waals surface area contributed by atoms with Crippen molar-refractivity contribution in [3.8, 4) is 0 Å². The lowest BCUT2D eigenvalue weighted by Crippen LogP contribution is -2.42. The number of nitrogens with one attached hydrogen (secondary N) is 3. The standard InChI is InChI=1S/C19H14Cl2N4O2S/c20-13-8-6-11(7-9-13)15(24-17(26)14-10-23-19(21)28-14)18(27)25-16(22)12-4-2-1-3-5-12/h1-10,15H,(H,24,26)(H2,22,25,27). The molecular formula is C19H14Cl2N4O2S. The van der Waals surface area contributed by atoms with Crippen LogP contribution >= 0.6 is 34.5 Å². The van der Waals surface area contributed by atoms with Gasteiger partial charge >= 0.3 is 0 Å². The van der Waals surface area contributed by atoms with Crippen LogP contribution < -0.4 is 10.6 Å². The third-order valence-electron chi connectivity index (χ3n) is 3.75. The molecule has 0 saturated heterocycles. The normalized spacial score (nSPS) is 11.5. The second kappa shape index (κ2) is 8.97. The fraction of sp³-hybridized carbons (Fsp3) is 0.0526. The first-order valence-electron chi connectivity index (χ1n) is 8.06. The molecule has 1 aromatic heterocycles. The number of amidine groups is 1. The molecule has 0 radical (unpaired) electrons. The number of thiazole rings is 1. The van der Waals surface area contributed by atoms with E-state index in [1.807, 2.05) is 6.07 Å². The van der Waals surface area contributed by atoms with Crippen molar-refractivity contribution in [3.05, 3.63) is 86.3 Å². The topological polar surface area (TPSA) is 94.9 Å². The van der Waals surface area contributed by atoms with Crippen LogP contribution in [0.5, 0.6) is 0 Å². The number of carbonyl (C=O) groups excluding carboxylic acids is 2. The van der Waals surface area contributed by atoms with Gasteiger partial charge in [-0.05, 0) is 17.7 Å². The predicted octanol–water partition coefficient (Wildman–Crippen LogP) is 4.06. The van der Waals surface area contributed by atoms with Gasteiger partial charge in [-0.15, -0.1) is 0 Å². The Morgan fingerprint density at radius 1 is 1.04 bits per heavy atom. The van der Waals surface area contributed by atoms with Crippen LogP contribution in [0.25, 0.3) is 0 Å². The van der Waals surface area contributed by atoms with Crippen LogP contribution in [0.1, 0.15) is 26.8 Å². The van der Waals surface area contributed by atoms with Gasteiger partial charge in [0.1, 0.15) is 16.8 Å². The van der Waals surface area contributed by atoms with Crippen molar-refractivity contribution in [1.82, 2.24) is 15.6 Å². The van der Waals surface area contributed by atoms with Crippen molar-refractivity contribution in [1.29, 1.82) is 5.41 Å². The number of hydrogen-bond donors (Lipinski definition) is 3. The van der Waals surface area contributed by atoms with Gasteiger partial charge in [0.25, 0.3) is 11.8 Å². The molecule has 0 spiro atoms. The van der Waals surface area contributed by atoms with E-state index >= 15 is 0 Å². The van der Waals surface area contributed by atoms with Gasteiger partial charge in [0.15, 0.2) is 4.47 Å². The predicted molar refractivity (Wildman–Crippen MR) is 110 cm³/mol. The van der Waals surface area contributed by atoms with Gasteiger partial charge in [0, 0.05) is 10.6 Å². The Hall–Kier alpha value is -2.74.